The molecule has 1 heterocycles. The number of hydrogen-bond acceptors (Lipinski definition) is 9. The van der Waals surface area contributed by atoms with Crippen LogP contribution in [0.4, 0.5) is 4.79 Å². The second-order valence-electron chi connectivity index (χ2n) is 16.0. The molecule has 0 bridgehead atoms. The molecule has 15 nitrogen and oxygen atoms in total. The van der Waals surface area contributed by atoms with Gasteiger partial charge in [0.15, 0.2) is 0 Å². The van der Waals surface area contributed by atoms with Crippen molar-refractivity contribution < 1.29 is 38.6 Å². The van der Waals surface area contributed by atoms with E-state index >= 15 is 0 Å². The van der Waals surface area contributed by atoms with Crippen molar-refractivity contribution >= 4 is 58.3 Å². The van der Waals surface area contributed by atoms with Gasteiger partial charge >= 0.3 is 6.09 Å². The van der Waals surface area contributed by atoms with E-state index in [-0.39, 0.29) is 30.9 Å². The van der Waals surface area contributed by atoms with Crippen LogP contribution >= 0.6 is 11.8 Å². The lowest BCUT2D eigenvalue weighted by Gasteiger charge is -2.25. The normalized spacial score (nSPS) is 13.2. The zero-order valence-corrected chi connectivity index (χ0v) is 37.0. The summed E-state index contributed by atoms with van der Waals surface area (Å²) in [4.78, 5) is 84.5. The van der Waals surface area contributed by atoms with Crippen LogP contribution < -0.4 is 31.9 Å². The molecule has 0 saturated heterocycles. The summed E-state index contributed by atoms with van der Waals surface area (Å²) in [7, 11) is 0. The number of ether oxygens (including phenoxy) is 1. The molecule has 8 N–H and O–H groups in total. The molecule has 0 radical (unpaired) electrons. The number of phenols is 1. The summed E-state index contributed by atoms with van der Waals surface area (Å²) in [6.45, 7) is 6.87. The fourth-order valence-electron chi connectivity index (χ4n) is 6.62. The first-order valence-corrected chi connectivity index (χ1v) is 22.4. The molecule has 0 aliphatic carbocycles. The van der Waals surface area contributed by atoms with E-state index in [1.54, 1.807) is 50.9 Å². The number of H-pyrrole nitrogens is 1. The molecule has 16 heteroatoms. The van der Waals surface area contributed by atoms with Gasteiger partial charge in [0.1, 0.15) is 35.5 Å². The smallest absolute Gasteiger partial charge is 0.408 e. The van der Waals surface area contributed by atoms with Crippen LogP contribution in [0, 0.1) is 0 Å². The molecule has 3 aromatic carbocycles. The Balaban J connectivity index is 1.46. The monoisotopic (exact) mass is 871 g/mol. The fraction of sp³-hybridized carbons (Fsp3) is 0.435. The Hall–Kier alpha value is -6.03. The maximum atomic E-state index is 14.1. The Morgan fingerprint density at radius 1 is 0.710 bits per heavy atom. The first-order chi connectivity index (χ1) is 29.6. The molecule has 0 spiro atoms. The fourth-order valence-corrected chi connectivity index (χ4v) is 7.09. The lowest BCUT2D eigenvalue weighted by Crippen LogP contribution is -2.57. The number of fused-ring (bicyclic) bond motifs is 1. The maximum Gasteiger partial charge on any atom is 0.408 e. The van der Waals surface area contributed by atoms with E-state index in [4.69, 9.17) is 4.74 Å². The number of thioether (sulfide) groups is 1. The van der Waals surface area contributed by atoms with Gasteiger partial charge in [-0.1, -0.05) is 80.4 Å². The van der Waals surface area contributed by atoms with Crippen LogP contribution in [0.5, 0.6) is 5.75 Å². The zero-order chi connectivity index (χ0) is 45.1. The molecule has 0 fully saturated rings. The van der Waals surface area contributed by atoms with Crippen LogP contribution in [-0.4, -0.2) is 101 Å². The number of benzene rings is 3. The first-order valence-electron chi connectivity index (χ1n) is 21.0. The van der Waals surface area contributed by atoms with E-state index in [9.17, 15) is 33.9 Å². The molecule has 1 aromatic heterocycles. The molecule has 4 atom stereocenters. The molecule has 0 unspecified atom stereocenters. The van der Waals surface area contributed by atoms with Gasteiger partial charge in [-0.25, -0.2) is 4.79 Å². The Bertz CT molecular complexity index is 2090. The molecule has 0 aliphatic rings. The van der Waals surface area contributed by atoms with Gasteiger partial charge in [0, 0.05) is 36.5 Å². The van der Waals surface area contributed by atoms with Crippen molar-refractivity contribution in [1.29, 1.82) is 0 Å². The third-order valence-electron chi connectivity index (χ3n) is 9.84. The average Bonchev–Trinajstić information content (AvgIpc) is 3.65. The van der Waals surface area contributed by atoms with Crippen molar-refractivity contribution in [3.8, 4) is 5.75 Å². The molecular formula is C46H61N7O8S. The summed E-state index contributed by atoms with van der Waals surface area (Å²) < 4.78 is 5.40. The minimum atomic E-state index is -1.15. The second-order valence-corrected chi connectivity index (χ2v) is 17.0. The third-order valence-corrected chi connectivity index (χ3v) is 10.5. The van der Waals surface area contributed by atoms with Crippen LogP contribution in [0.3, 0.4) is 0 Å². The standard InChI is InChI=1S/C46H61N7O8S/c1-6-7-16-36(51-43(58)38(53-45(60)61-46(2,3)4)26-31-18-20-33(54)21-19-31)42(57)49-29-40(55)50-39(27-32-28-48-35-17-12-11-15-34(32)35)44(59)52-37(23-25-62-5)41(56)47-24-22-30-13-9-8-10-14-30/h8-15,17-21,28,36-39,48,54H,6-7,16,22-27,29H2,1-5H3,(H,47,56)(H,49,57)(H,50,55)(H,51,58)(H,52,59)(H,53,60)/t36-,37-,38-,39+/m0/s1. The van der Waals surface area contributed by atoms with E-state index in [2.05, 4.69) is 36.9 Å². The minimum absolute atomic E-state index is 0.0310. The van der Waals surface area contributed by atoms with Crippen molar-refractivity contribution in [1.82, 2.24) is 36.9 Å². The summed E-state index contributed by atoms with van der Waals surface area (Å²) in [5.41, 5.74) is 2.48. The molecule has 4 aromatic rings. The number of amides is 6. The molecule has 334 valence electrons. The number of aromatic amines is 1. The van der Waals surface area contributed by atoms with E-state index in [1.807, 2.05) is 67.8 Å². The number of nitrogens with one attached hydrogen (secondary N) is 7. The SMILES string of the molecule is CCCC[C@H](NC(=O)[C@H](Cc1ccc(O)cc1)NC(=O)OC(C)(C)C)C(=O)NCC(=O)N[C@H](Cc1c[nH]c2ccccc12)C(=O)N[C@@H](CCSC)C(=O)NCCc1ccccc1. The van der Waals surface area contributed by atoms with Gasteiger partial charge in [0.2, 0.25) is 29.5 Å². The van der Waals surface area contributed by atoms with Gasteiger partial charge in [-0.3, -0.25) is 24.0 Å². The predicted octanol–water partition coefficient (Wildman–Crippen LogP) is 4.42. The molecule has 0 aliphatic heterocycles. The van der Waals surface area contributed by atoms with Crippen molar-refractivity contribution in [3.05, 3.63) is 102 Å². The quantitative estimate of drug-likeness (QED) is 0.0528. The largest absolute Gasteiger partial charge is 0.508 e. The van der Waals surface area contributed by atoms with Gasteiger partial charge in [0.05, 0.1) is 6.54 Å². The highest BCUT2D eigenvalue weighted by Crippen LogP contribution is 2.20. The average molecular weight is 872 g/mol. The molecule has 4 rings (SSSR count). The molecule has 6 amide bonds. The number of alkyl carbamates (subject to hydrolysis) is 1. The van der Waals surface area contributed by atoms with Gasteiger partial charge in [-0.2, -0.15) is 11.8 Å². The summed E-state index contributed by atoms with van der Waals surface area (Å²) in [6.07, 6.45) is 5.47. The number of carbonyl (C=O) groups excluding carboxylic acids is 6. The Morgan fingerprint density at radius 2 is 1.34 bits per heavy atom. The number of rotatable bonds is 23. The van der Waals surface area contributed by atoms with E-state index in [1.165, 1.54) is 12.1 Å². The lowest BCUT2D eigenvalue weighted by molar-refractivity contribution is -0.133. The van der Waals surface area contributed by atoms with E-state index < -0.39 is 66.0 Å². The number of phenolic OH excluding ortho intramolecular Hbond substituents is 1. The molecule has 62 heavy (non-hydrogen) atoms. The molecule has 0 saturated carbocycles. The number of hydrogen-bond donors (Lipinski definition) is 8. The number of carbonyl (C=O) groups is 6. The lowest BCUT2D eigenvalue weighted by atomic mass is 10.0. The third kappa shape index (κ3) is 16.4. The van der Waals surface area contributed by atoms with Gasteiger partial charge in [-0.05, 0) is 86.9 Å². The van der Waals surface area contributed by atoms with Crippen molar-refractivity contribution in [2.24, 2.45) is 0 Å². The highest BCUT2D eigenvalue weighted by molar-refractivity contribution is 7.98. The van der Waals surface area contributed by atoms with Gasteiger partial charge in [-0.15, -0.1) is 0 Å². The summed E-state index contributed by atoms with van der Waals surface area (Å²) in [5, 5.41) is 27.2. The Kier molecular flexibility index (Phi) is 19.2. The number of para-hydroxylation sites is 1. The van der Waals surface area contributed by atoms with Crippen LogP contribution in [0.2, 0.25) is 0 Å². The van der Waals surface area contributed by atoms with Gasteiger partial charge < -0.3 is 46.7 Å². The van der Waals surface area contributed by atoms with Crippen molar-refractivity contribution in [3.63, 3.8) is 0 Å². The first kappa shape index (κ1) is 48.6. The predicted molar refractivity (Wildman–Crippen MR) is 241 cm³/mol. The number of unbranched alkanes of at least 4 members (excludes halogenated alkanes) is 1. The van der Waals surface area contributed by atoms with Gasteiger partial charge in [0.25, 0.3) is 0 Å². The number of aromatic nitrogens is 1. The Morgan fingerprint density at radius 3 is 2.00 bits per heavy atom. The van der Waals surface area contributed by atoms with Crippen molar-refractivity contribution in [2.45, 2.75) is 102 Å². The van der Waals surface area contributed by atoms with Crippen molar-refractivity contribution in [2.75, 3.05) is 25.1 Å². The summed E-state index contributed by atoms with van der Waals surface area (Å²) >= 11 is 1.54. The maximum absolute atomic E-state index is 14.1. The Labute approximate surface area is 367 Å². The second kappa shape index (κ2) is 24.4. The van der Waals surface area contributed by atoms with Crippen LogP contribution in [0.25, 0.3) is 10.9 Å². The highest BCUT2D eigenvalue weighted by Gasteiger charge is 2.31. The van der Waals surface area contributed by atoms with Crippen LogP contribution in [0.15, 0.2) is 85.1 Å². The topological polar surface area (TPSA) is 220 Å². The van der Waals surface area contributed by atoms with E-state index in [0.29, 0.717) is 43.5 Å². The number of aromatic hydroxyl groups is 1. The van der Waals surface area contributed by atoms with Crippen LogP contribution in [-0.2, 0) is 48.0 Å². The molecular weight excluding hydrogens is 811 g/mol. The zero-order valence-electron chi connectivity index (χ0n) is 36.2. The minimum Gasteiger partial charge on any atom is -0.508 e. The highest BCUT2D eigenvalue weighted by atomic mass is 32.2. The van der Waals surface area contributed by atoms with Crippen LogP contribution in [0.1, 0.15) is 70.1 Å². The summed E-state index contributed by atoms with van der Waals surface area (Å²) in [5.74, 6) is -2.21. The van der Waals surface area contributed by atoms with E-state index in [0.717, 1.165) is 22.0 Å². The summed E-state index contributed by atoms with van der Waals surface area (Å²) in [6, 6.07) is 19.3.